The molecule has 1 nitrogen and oxygen atoms in total. The third kappa shape index (κ3) is 3.09. The molecule has 0 amide bonds. The van der Waals surface area contributed by atoms with E-state index in [0.29, 0.717) is 0 Å². The Labute approximate surface area is 68.6 Å². The highest BCUT2D eigenvalue weighted by molar-refractivity contribution is 6.50. The number of alkyl halides is 1. The zero-order valence-corrected chi connectivity index (χ0v) is 6.96. The molecular formula is C5H5Cl3O. The van der Waals surface area contributed by atoms with Crippen molar-refractivity contribution in [1.82, 2.24) is 0 Å². The van der Waals surface area contributed by atoms with Gasteiger partial charge in [0.25, 0.3) is 0 Å². The maximum absolute atomic E-state index is 10.7. The van der Waals surface area contributed by atoms with Gasteiger partial charge < -0.3 is 0 Å². The standard InChI is InChI=1S/C5H5Cl3O/c1-3(7)5(9)4(8)2-6/h2-3H,1H3/t3-/m0/s1. The smallest absolute Gasteiger partial charge is 0.192 e. The van der Waals surface area contributed by atoms with Crippen LogP contribution in [0.15, 0.2) is 10.6 Å². The molecule has 0 fully saturated rings. The lowest BCUT2D eigenvalue weighted by atomic mass is 10.3. The zero-order chi connectivity index (χ0) is 7.44. The van der Waals surface area contributed by atoms with Crippen molar-refractivity contribution in [1.29, 1.82) is 0 Å². The van der Waals surface area contributed by atoms with Crippen molar-refractivity contribution >= 4 is 40.6 Å². The van der Waals surface area contributed by atoms with Gasteiger partial charge in [-0.25, -0.2) is 0 Å². The fraction of sp³-hybridized carbons (Fsp3) is 0.400. The van der Waals surface area contributed by atoms with Gasteiger partial charge in [-0.15, -0.1) is 11.6 Å². The number of hydrogen-bond donors (Lipinski definition) is 0. The Bertz CT molecular complexity index is 139. The minimum Gasteiger partial charge on any atom is -0.291 e. The molecule has 0 N–H and O–H groups in total. The topological polar surface area (TPSA) is 17.1 Å². The lowest BCUT2D eigenvalue weighted by molar-refractivity contribution is -0.114. The van der Waals surface area contributed by atoms with Crippen LogP contribution in [0.4, 0.5) is 0 Å². The van der Waals surface area contributed by atoms with Crippen LogP contribution in [0.1, 0.15) is 6.92 Å². The monoisotopic (exact) mass is 186 g/mol. The van der Waals surface area contributed by atoms with Gasteiger partial charge in [-0.3, -0.25) is 4.79 Å². The molecule has 0 radical (unpaired) electrons. The molecule has 0 aliphatic carbocycles. The number of hydrogen-bond acceptors (Lipinski definition) is 1. The highest BCUT2D eigenvalue weighted by Gasteiger charge is 2.11. The molecule has 52 valence electrons. The molecule has 4 heteroatoms. The highest BCUT2D eigenvalue weighted by Crippen LogP contribution is 2.10. The Morgan fingerprint density at radius 1 is 1.67 bits per heavy atom. The van der Waals surface area contributed by atoms with E-state index in [1.165, 1.54) is 6.92 Å². The summed E-state index contributed by atoms with van der Waals surface area (Å²) in [7, 11) is 0. The molecule has 0 bridgehead atoms. The van der Waals surface area contributed by atoms with Crippen LogP contribution in [0.5, 0.6) is 0 Å². The summed E-state index contributed by atoms with van der Waals surface area (Å²) in [5, 5.41) is -0.633. The average molecular weight is 187 g/mol. The van der Waals surface area contributed by atoms with Crippen molar-refractivity contribution in [3.05, 3.63) is 10.6 Å². The summed E-state index contributed by atoms with van der Waals surface area (Å²) in [4.78, 5) is 10.7. The summed E-state index contributed by atoms with van der Waals surface area (Å²) in [5.41, 5.74) is 1.00. The van der Waals surface area contributed by atoms with E-state index in [2.05, 4.69) is 0 Å². The van der Waals surface area contributed by atoms with Crippen molar-refractivity contribution in [2.24, 2.45) is 0 Å². The van der Waals surface area contributed by atoms with E-state index in [1.54, 1.807) is 0 Å². The van der Waals surface area contributed by atoms with Gasteiger partial charge in [0.1, 0.15) is 0 Å². The molecule has 0 spiro atoms. The van der Waals surface area contributed by atoms with Crippen LogP contribution < -0.4 is 0 Å². The summed E-state index contributed by atoms with van der Waals surface area (Å²) < 4.78 is 0. The Morgan fingerprint density at radius 2 is 2.11 bits per heavy atom. The molecule has 0 aromatic heterocycles. The summed E-state index contributed by atoms with van der Waals surface area (Å²) in [6.45, 7) is 1.53. The molecule has 9 heavy (non-hydrogen) atoms. The second-order valence-electron chi connectivity index (χ2n) is 1.44. The largest absolute Gasteiger partial charge is 0.291 e. The van der Waals surface area contributed by atoms with E-state index >= 15 is 0 Å². The van der Waals surface area contributed by atoms with Crippen molar-refractivity contribution in [3.63, 3.8) is 0 Å². The van der Waals surface area contributed by atoms with Crippen LogP contribution >= 0.6 is 34.8 Å². The molecule has 0 aromatic carbocycles. The highest BCUT2D eigenvalue weighted by atomic mass is 35.5. The van der Waals surface area contributed by atoms with E-state index in [-0.39, 0.29) is 10.8 Å². The van der Waals surface area contributed by atoms with Crippen LogP contribution in [0.2, 0.25) is 0 Å². The number of ketones is 1. The molecule has 0 heterocycles. The molecule has 1 atom stereocenters. The van der Waals surface area contributed by atoms with Crippen molar-refractivity contribution in [2.75, 3.05) is 0 Å². The van der Waals surface area contributed by atoms with E-state index in [1.807, 2.05) is 0 Å². The van der Waals surface area contributed by atoms with Gasteiger partial charge in [0.05, 0.1) is 10.4 Å². The van der Waals surface area contributed by atoms with Crippen LogP contribution in [-0.2, 0) is 4.79 Å². The summed E-state index contributed by atoms with van der Waals surface area (Å²) in [5.74, 6) is -0.353. The van der Waals surface area contributed by atoms with Gasteiger partial charge in [-0.05, 0) is 6.92 Å². The predicted molar refractivity (Wildman–Crippen MR) is 40.1 cm³/mol. The molecular weight excluding hydrogens is 182 g/mol. The van der Waals surface area contributed by atoms with Crippen LogP contribution in [0.3, 0.4) is 0 Å². The van der Waals surface area contributed by atoms with E-state index < -0.39 is 5.38 Å². The third-order valence-electron chi connectivity index (χ3n) is 0.692. The number of halogens is 3. The minimum absolute atomic E-state index is 0.0285. The van der Waals surface area contributed by atoms with Crippen LogP contribution in [-0.4, -0.2) is 11.2 Å². The fourth-order valence-corrected chi connectivity index (χ4v) is 0.688. The number of rotatable bonds is 2. The molecule has 0 saturated carbocycles. The van der Waals surface area contributed by atoms with Crippen molar-refractivity contribution in [2.45, 2.75) is 12.3 Å². The number of carbonyl (C=O) groups excluding carboxylic acids is 1. The Morgan fingerprint density at radius 3 is 2.22 bits per heavy atom. The predicted octanol–water partition coefficient (Wildman–Crippen LogP) is 2.50. The SMILES string of the molecule is C[C@H](Cl)C(=O)C(Cl)=CCl. The average Bonchev–Trinajstić information content (AvgIpc) is 1.84. The molecule has 0 aliphatic rings. The first kappa shape index (κ1) is 9.28. The van der Waals surface area contributed by atoms with Gasteiger partial charge >= 0.3 is 0 Å². The number of Topliss-reactive ketones (excluding diaryl/α,β-unsaturated/α-hetero) is 1. The summed E-state index contributed by atoms with van der Waals surface area (Å²) >= 11 is 15.8. The summed E-state index contributed by atoms with van der Waals surface area (Å²) in [6.07, 6.45) is 0. The van der Waals surface area contributed by atoms with Crippen molar-refractivity contribution < 1.29 is 4.79 Å². The first-order valence-electron chi connectivity index (χ1n) is 2.23. The Kier molecular flexibility index (Phi) is 4.28. The van der Waals surface area contributed by atoms with Gasteiger partial charge in [-0.1, -0.05) is 23.2 Å². The second kappa shape index (κ2) is 4.15. The third-order valence-corrected chi connectivity index (χ3v) is 1.52. The lowest BCUT2D eigenvalue weighted by Gasteiger charge is -1.96. The molecule has 0 saturated heterocycles. The first-order valence-corrected chi connectivity index (χ1v) is 3.49. The van der Waals surface area contributed by atoms with E-state index in [0.717, 1.165) is 5.54 Å². The van der Waals surface area contributed by atoms with Crippen LogP contribution in [0, 0.1) is 0 Å². The Hall–Kier alpha value is 0.280. The number of carbonyl (C=O) groups is 1. The normalized spacial score (nSPS) is 15.3. The minimum atomic E-state index is -0.604. The Balaban J connectivity index is 4.06. The fourth-order valence-electron chi connectivity index (χ4n) is 0.244. The number of allylic oxidation sites excluding steroid dienone is 1. The van der Waals surface area contributed by atoms with Gasteiger partial charge in [0.15, 0.2) is 5.78 Å². The second-order valence-corrected chi connectivity index (χ2v) is 2.72. The van der Waals surface area contributed by atoms with Gasteiger partial charge in [0.2, 0.25) is 0 Å². The van der Waals surface area contributed by atoms with Gasteiger partial charge in [-0.2, -0.15) is 0 Å². The first-order chi connectivity index (χ1) is 4.09. The van der Waals surface area contributed by atoms with Crippen LogP contribution in [0.25, 0.3) is 0 Å². The van der Waals surface area contributed by atoms with E-state index in [9.17, 15) is 4.79 Å². The van der Waals surface area contributed by atoms with Crippen molar-refractivity contribution in [3.8, 4) is 0 Å². The van der Waals surface area contributed by atoms with E-state index in [4.69, 9.17) is 34.8 Å². The maximum Gasteiger partial charge on any atom is 0.192 e. The molecule has 0 aromatic rings. The molecule has 0 rings (SSSR count). The quantitative estimate of drug-likeness (QED) is 0.479. The molecule has 0 aliphatic heterocycles. The lowest BCUT2D eigenvalue weighted by Crippen LogP contribution is -2.09. The zero-order valence-electron chi connectivity index (χ0n) is 4.70. The van der Waals surface area contributed by atoms with Gasteiger partial charge in [0, 0.05) is 5.54 Å². The summed E-state index contributed by atoms with van der Waals surface area (Å²) in [6, 6.07) is 0. The maximum atomic E-state index is 10.7. The molecule has 0 unspecified atom stereocenters.